The summed E-state index contributed by atoms with van der Waals surface area (Å²) in [5.74, 6) is 0.928. The highest BCUT2D eigenvalue weighted by Gasteiger charge is 2.06. The third kappa shape index (κ3) is 1.48. The molecule has 0 aliphatic carbocycles. The van der Waals surface area contributed by atoms with Crippen LogP contribution in [0.1, 0.15) is 16.6 Å². The van der Waals surface area contributed by atoms with Crippen LogP contribution in [0.2, 0.25) is 0 Å². The molecule has 0 aromatic carbocycles. The molecule has 2 aromatic rings. The Morgan fingerprint density at radius 2 is 2.50 bits per heavy atom. The molecule has 0 fully saturated rings. The van der Waals surface area contributed by atoms with E-state index in [1.807, 2.05) is 17.6 Å². The lowest BCUT2D eigenvalue weighted by Crippen LogP contribution is -1.94. The molecule has 0 aliphatic heterocycles. The highest BCUT2D eigenvalue weighted by atomic mass is 32.1. The minimum Gasteiger partial charge on any atom is -0.331 e. The maximum Gasteiger partial charge on any atom is 0.160 e. The fourth-order valence-electron chi connectivity index (χ4n) is 1.36. The zero-order valence-electron chi connectivity index (χ0n) is 7.80. The Morgan fingerprint density at radius 1 is 1.64 bits per heavy atom. The van der Waals surface area contributed by atoms with Crippen molar-refractivity contribution in [1.82, 2.24) is 9.55 Å². The Balaban J connectivity index is 2.43. The lowest BCUT2D eigenvalue weighted by atomic mass is 10.3. The van der Waals surface area contributed by atoms with Gasteiger partial charge in [-0.25, -0.2) is 4.98 Å². The summed E-state index contributed by atoms with van der Waals surface area (Å²) in [5.41, 5.74) is 1.02. The van der Waals surface area contributed by atoms with Gasteiger partial charge in [0.2, 0.25) is 0 Å². The molecule has 0 saturated carbocycles. The van der Waals surface area contributed by atoms with Crippen molar-refractivity contribution in [3.8, 4) is 11.4 Å². The van der Waals surface area contributed by atoms with Crippen LogP contribution in [-0.2, 0) is 6.54 Å². The van der Waals surface area contributed by atoms with Crippen LogP contribution in [0.25, 0.3) is 11.4 Å². The van der Waals surface area contributed by atoms with Crippen molar-refractivity contribution in [2.45, 2.75) is 13.5 Å². The topological polar surface area (TPSA) is 34.9 Å². The number of hydrogen-bond acceptors (Lipinski definition) is 3. The number of nitrogens with zero attached hydrogens (tertiary/aromatic N) is 2. The van der Waals surface area contributed by atoms with Crippen molar-refractivity contribution >= 4 is 17.6 Å². The lowest BCUT2D eigenvalue weighted by Gasteiger charge is -2.00. The van der Waals surface area contributed by atoms with Gasteiger partial charge in [0, 0.05) is 29.9 Å². The Hall–Kier alpha value is -1.42. The van der Waals surface area contributed by atoms with Crippen LogP contribution in [-0.4, -0.2) is 15.8 Å². The first-order valence-electron chi connectivity index (χ1n) is 4.40. The number of aromatic nitrogens is 2. The van der Waals surface area contributed by atoms with E-state index in [1.165, 1.54) is 11.3 Å². The van der Waals surface area contributed by atoms with Crippen LogP contribution < -0.4 is 0 Å². The quantitative estimate of drug-likeness (QED) is 0.723. The Bertz CT molecular complexity index is 444. The molecule has 0 radical (unpaired) electrons. The molecule has 14 heavy (non-hydrogen) atoms. The van der Waals surface area contributed by atoms with Crippen LogP contribution in [0.3, 0.4) is 0 Å². The monoisotopic (exact) mass is 206 g/mol. The zero-order chi connectivity index (χ0) is 9.97. The van der Waals surface area contributed by atoms with Crippen LogP contribution in [0, 0.1) is 0 Å². The molecule has 0 atom stereocenters. The van der Waals surface area contributed by atoms with Gasteiger partial charge >= 0.3 is 0 Å². The Morgan fingerprint density at radius 3 is 3.14 bits per heavy atom. The van der Waals surface area contributed by atoms with E-state index in [4.69, 9.17) is 0 Å². The van der Waals surface area contributed by atoms with E-state index >= 15 is 0 Å². The number of aryl methyl sites for hydroxylation is 1. The second-order valence-electron chi connectivity index (χ2n) is 2.89. The second kappa shape index (κ2) is 3.75. The Kier molecular flexibility index (Phi) is 2.45. The molecule has 0 N–H and O–H groups in total. The Labute approximate surface area is 86.0 Å². The van der Waals surface area contributed by atoms with Crippen molar-refractivity contribution in [3.05, 3.63) is 28.7 Å². The predicted molar refractivity (Wildman–Crippen MR) is 56.6 cm³/mol. The first-order valence-corrected chi connectivity index (χ1v) is 5.28. The number of imidazole rings is 1. The molecular weight excluding hydrogens is 196 g/mol. The molecule has 2 heterocycles. The van der Waals surface area contributed by atoms with Gasteiger partial charge in [-0.1, -0.05) is 0 Å². The van der Waals surface area contributed by atoms with Crippen LogP contribution >= 0.6 is 11.3 Å². The molecule has 4 heteroatoms. The normalized spacial score (nSPS) is 10.4. The molecule has 0 saturated heterocycles. The van der Waals surface area contributed by atoms with Crippen molar-refractivity contribution in [2.24, 2.45) is 0 Å². The van der Waals surface area contributed by atoms with Gasteiger partial charge in [-0.05, 0) is 13.0 Å². The summed E-state index contributed by atoms with van der Waals surface area (Å²) in [5, 5.41) is 1.96. The molecular formula is C10H10N2OS. The zero-order valence-corrected chi connectivity index (χ0v) is 8.62. The summed E-state index contributed by atoms with van der Waals surface area (Å²) in [7, 11) is 0. The lowest BCUT2D eigenvalue weighted by molar-refractivity contribution is 0.112. The van der Waals surface area contributed by atoms with E-state index < -0.39 is 0 Å². The van der Waals surface area contributed by atoms with Gasteiger partial charge in [0.25, 0.3) is 0 Å². The molecule has 0 spiro atoms. The molecule has 0 bridgehead atoms. The summed E-state index contributed by atoms with van der Waals surface area (Å²) in [4.78, 5) is 15.5. The molecule has 3 nitrogen and oxygen atoms in total. The summed E-state index contributed by atoms with van der Waals surface area (Å²) in [6.07, 6.45) is 4.58. The van der Waals surface area contributed by atoms with E-state index in [0.717, 1.165) is 29.1 Å². The number of rotatable bonds is 3. The highest BCUT2D eigenvalue weighted by Crippen LogP contribution is 2.23. The van der Waals surface area contributed by atoms with Crippen molar-refractivity contribution in [2.75, 3.05) is 0 Å². The average molecular weight is 206 g/mol. The molecule has 0 amide bonds. The largest absolute Gasteiger partial charge is 0.331 e. The van der Waals surface area contributed by atoms with E-state index in [1.54, 1.807) is 6.20 Å². The van der Waals surface area contributed by atoms with Gasteiger partial charge in [-0.3, -0.25) is 4.79 Å². The molecule has 2 rings (SSSR count). The van der Waals surface area contributed by atoms with Gasteiger partial charge in [-0.2, -0.15) is 0 Å². The number of carbonyl (C=O) groups excluding carboxylic acids is 1. The number of carbonyl (C=O) groups is 1. The number of hydrogen-bond donors (Lipinski definition) is 0. The van der Waals surface area contributed by atoms with E-state index in [9.17, 15) is 4.79 Å². The predicted octanol–water partition coefficient (Wildman–Crippen LogP) is 2.44. The molecule has 2 aromatic heterocycles. The van der Waals surface area contributed by atoms with Gasteiger partial charge in [-0.15, -0.1) is 11.3 Å². The van der Waals surface area contributed by atoms with Gasteiger partial charge in [0.05, 0.1) is 4.88 Å². The fourth-order valence-corrected chi connectivity index (χ4v) is 2.04. The van der Waals surface area contributed by atoms with Crippen LogP contribution in [0.4, 0.5) is 0 Å². The van der Waals surface area contributed by atoms with Gasteiger partial charge in [0.15, 0.2) is 6.29 Å². The van der Waals surface area contributed by atoms with E-state index in [2.05, 4.69) is 16.5 Å². The number of aldehydes is 1. The van der Waals surface area contributed by atoms with Crippen LogP contribution in [0.15, 0.2) is 23.8 Å². The molecule has 0 aliphatic rings. The third-order valence-corrected chi connectivity index (χ3v) is 2.91. The van der Waals surface area contributed by atoms with Crippen molar-refractivity contribution in [3.63, 3.8) is 0 Å². The maximum absolute atomic E-state index is 10.5. The second-order valence-corrected chi connectivity index (χ2v) is 3.84. The SMILES string of the molecule is CCn1ccnc1-c1csc(C=O)c1. The average Bonchev–Trinajstić information content (AvgIpc) is 2.85. The van der Waals surface area contributed by atoms with Gasteiger partial charge in [0.1, 0.15) is 5.82 Å². The minimum atomic E-state index is 0.741. The first-order chi connectivity index (χ1) is 6.85. The molecule has 72 valence electrons. The summed E-state index contributed by atoms with van der Waals surface area (Å²) in [6.45, 7) is 2.96. The molecule has 0 unspecified atom stereocenters. The fraction of sp³-hybridized carbons (Fsp3) is 0.200. The smallest absolute Gasteiger partial charge is 0.160 e. The number of thiophene rings is 1. The van der Waals surface area contributed by atoms with E-state index in [-0.39, 0.29) is 0 Å². The summed E-state index contributed by atoms with van der Waals surface area (Å²) >= 11 is 1.45. The third-order valence-electron chi connectivity index (χ3n) is 2.05. The summed E-state index contributed by atoms with van der Waals surface area (Å²) in [6, 6.07) is 1.87. The highest BCUT2D eigenvalue weighted by molar-refractivity contribution is 7.12. The van der Waals surface area contributed by atoms with Crippen molar-refractivity contribution in [1.29, 1.82) is 0 Å². The maximum atomic E-state index is 10.5. The first kappa shape index (κ1) is 9.15. The van der Waals surface area contributed by atoms with Crippen molar-refractivity contribution < 1.29 is 4.79 Å². The standard InChI is InChI=1S/C10H10N2OS/c1-2-12-4-3-11-10(12)8-5-9(6-13)14-7-8/h3-7H,2H2,1H3. The summed E-state index contributed by atoms with van der Waals surface area (Å²) < 4.78 is 2.05. The van der Waals surface area contributed by atoms with Crippen LogP contribution in [0.5, 0.6) is 0 Å². The minimum absolute atomic E-state index is 0.741. The van der Waals surface area contributed by atoms with Gasteiger partial charge < -0.3 is 4.57 Å². The van der Waals surface area contributed by atoms with E-state index in [0.29, 0.717) is 0 Å².